The second kappa shape index (κ2) is 5.06. The van der Waals surface area contributed by atoms with E-state index < -0.39 is 0 Å². The number of nitrogens with zero attached hydrogens (tertiary/aromatic N) is 1. The van der Waals surface area contributed by atoms with Gasteiger partial charge in [-0.05, 0) is 73.3 Å². The van der Waals surface area contributed by atoms with Gasteiger partial charge in [0.25, 0.3) is 0 Å². The van der Waals surface area contributed by atoms with Gasteiger partial charge in [0.1, 0.15) is 5.82 Å². The Bertz CT molecular complexity index is 477. The zero-order chi connectivity index (χ0) is 13.6. The molecule has 19 heavy (non-hydrogen) atoms. The molecule has 4 heteroatoms. The summed E-state index contributed by atoms with van der Waals surface area (Å²) in [5.41, 5.74) is 2.25. The fraction of sp³-hybridized carbons (Fsp3) is 0.600. The van der Waals surface area contributed by atoms with E-state index in [1.54, 1.807) is 6.07 Å². The third-order valence-electron chi connectivity index (χ3n) is 4.66. The van der Waals surface area contributed by atoms with Crippen LogP contribution in [-0.2, 0) is 0 Å². The Morgan fingerprint density at radius 2 is 1.89 bits per heavy atom. The molecule has 2 aliphatic rings. The van der Waals surface area contributed by atoms with Crippen LogP contribution in [0.2, 0.25) is 0 Å². The van der Waals surface area contributed by atoms with Crippen molar-refractivity contribution in [3.8, 4) is 0 Å². The van der Waals surface area contributed by atoms with E-state index in [2.05, 4.69) is 33.1 Å². The second-order valence-electron chi connectivity index (χ2n) is 5.80. The van der Waals surface area contributed by atoms with E-state index in [1.807, 2.05) is 13.1 Å². The lowest BCUT2D eigenvalue weighted by molar-refractivity contribution is 0.373. The third kappa shape index (κ3) is 2.29. The first-order chi connectivity index (χ1) is 9.10. The Kier molecular flexibility index (Phi) is 3.56. The van der Waals surface area contributed by atoms with E-state index in [9.17, 15) is 4.39 Å². The zero-order valence-electron chi connectivity index (χ0n) is 11.4. The summed E-state index contributed by atoms with van der Waals surface area (Å²) in [6.07, 6.45) is 4.81. The Morgan fingerprint density at radius 3 is 2.47 bits per heavy atom. The van der Waals surface area contributed by atoms with Crippen LogP contribution in [0.4, 0.5) is 10.1 Å². The number of nitrogens with one attached hydrogen (secondary N) is 1. The normalized spacial score (nSPS) is 29.9. The number of hydrogen-bond acceptors (Lipinski definition) is 2. The lowest BCUT2D eigenvalue weighted by Gasteiger charge is -2.41. The fourth-order valence-corrected chi connectivity index (χ4v) is 4.18. The molecular formula is C15H20BrFN2. The molecule has 0 amide bonds. The highest BCUT2D eigenvalue weighted by Crippen LogP contribution is 2.41. The summed E-state index contributed by atoms with van der Waals surface area (Å²) >= 11 is 3.27. The molecule has 0 saturated carbocycles. The van der Waals surface area contributed by atoms with Gasteiger partial charge in [0, 0.05) is 23.8 Å². The number of aryl methyl sites for hydroxylation is 1. The molecular weight excluding hydrogens is 307 g/mol. The van der Waals surface area contributed by atoms with Crippen molar-refractivity contribution in [3.05, 3.63) is 28.0 Å². The van der Waals surface area contributed by atoms with E-state index in [0.29, 0.717) is 22.6 Å². The molecule has 2 atom stereocenters. The van der Waals surface area contributed by atoms with Gasteiger partial charge < -0.3 is 10.2 Å². The average molecular weight is 327 g/mol. The quantitative estimate of drug-likeness (QED) is 0.893. The molecule has 1 N–H and O–H groups in total. The van der Waals surface area contributed by atoms with Crippen LogP contribution in [0.15, 0.2) is 16.6 Å². The molecule has 0 spiro atoms. The maximum atomic E-state index is 13.8. The van der Waals surface area contributed by atoms with Crippen molar-refractivity contribution in [1.82, 2.24) is 5.32 Å². The first-order valence-corrected chi connectivity index (χ1v) is 7.80. The summed E-state index contributed by atoms with van der Waals surface area (Å²) < 4.78 is 14.4. The first kappa shape index (κ1) is 13.4. The van der Waals surface area contributed by atoms with Gasteiger partial charge in [-0.3, -0.25) is 0 Å². The summed E-state index contributed by atoms with van der Waals surface area (Å²) in [7, 11) is 2.05. The maximum absolute atomic E-state index is 13.8. The molecule has 2 aliphatic heterocycles. The predicted octanol–water partition coefficient (Wildman–Crippen LogP) is 3.62. The van der Waals surface area contributed by atoms with Crippen LogP contribution in [0.3, 0.4) is 0 Å². The lowest BCUT2D eigenvalue weighted by atomic mass is 9.96. The molecule has 2 fully saturated rings. The zero-order valence-corrected chi connectivity index (χ0v) is 13.0. The van der Waals surface area contributed by atoms with Gasteiger partial charge in [0.2, 0.25) is 0 Å². The van der Waals surface area contributed by atoms with E-state index in [1.165, 1.54) is 25.7 Å². The number of hydrogen-bond donors (Lipinski definition) is 1. The first-order valence-electron chi connectivity index (χ1n) is 7.01. The molecule has 2 heterocycles. The van der Waals surface area contributed by atoms with Crippen molar-refractivity contribution in [2.24, 2.45) is 0 Å². The van der Waals surface area contributed by atoms with Crippen molar-refractivity contribution in [1.29, 1.82) is 0 Å². The number of rotatable bonds is 2. The molecule has 2 bridgehead atoms. The average Bonchev–Trinajstić information content (AvgIpc) is 2.64. The monoisotopic (exact) mass is 326 g/mol. The molecule has 3 rings (SSSR count). The number of halogens is 2. The van der Waals surface area contributed by atoms with Crippen molar-refractivity contribution < 1.29 is 4.39 Å². The maximum Gasteiger partial charge on any atom is 0.139 e. The SMILES string of the molecule is CNC1CC2CCC(C1)N2c1cc(F)c(Br)cc1C. The van der Waals surface area contributed by atoms with E-state index in [-0.39, 0.29) is 5.82 Å². The third-order valence-corrected chi connectivity index (χ3v) is 5.27. The van der Waals surface area contributed by atoms with Gasteiger partial charge in [0.05, 0.1) is 4.47 Å². The standard InChI is InChI=1S/C15H20BrFN2/c1-9-5-13(16)14(17)8-15(9)19-11-3-4-12(19)7-10(6-11)18-2/h5,8,10-12,18H,3-4,6-7H2,1-2H3. The molecule has 2 unspecified atom stereocenters. The van der Waals surface area contributed by atoms with E-state index >= 15 is 0 Å². The Balaban J connectivity index is 1.93. The Morgan fingerprint density at radius 1 is 1.26 bits per heavy atom. The van der Waals surface area contributed by atoms with Crippen molar-refractivity contribution >= 4 is 21.6 Å². The van der Waals surface area contributed by atoms with Gasteiger partial charge in [0.15, 0.2) is 0 Å². The van der Waals surface area contributed by atoms with Crippen LogP contribution in [0.25, 0.3) is 0 Å². The highest BCUT2D eigenvalue weighted by Gasteiger charge is 2.40. The van der Waals surface area contributed by atoms with Crippen molar-refractivity contribution in [3.63, 3.8) is 0 Å². The molecule has 2 nitrogen and oxygen atoms in total. The van der Waals surface area contributed by atoms with Crippen LogP contribution in [0, 0.1) is 12.7 Å². The number of piperidine rings is 1. The van der Waals surface area contributed by atoms with Gasteiger partial charge in [-0.1, -0.05) is 0 Å². The summed E-state index contributed by atoms with van der Waals surface area (Å²) in [4.78, 5) is 2.47. The second-order valence-corrected chi connectivity index (χ2v) is 6.66. The van der Waals surface area contributed by atoms with Crippen LogP contribution in [0.1, 0.15) is 31.2 Å². The summed E-state index contributed by atoms with van der Waals surface area (Å²) in [5, 5.41) is 3.40. The van der Waals surface area contributed by atoms with Crippen molar-refractivity contribution in [2.45, 2.75) is 50.7 Å². The van der Waals surface area contributed by atoms with Crippen molar-refractivity contribution in [2.75, 3.05) is 11.9 Å². The molecule has 1 aromatic rings. The number of anilines is 1. The fourth-order valence-electron chi connectivity index (χ4n) is 3.72. The minimum Gasteiger partial charge on any atom is -0.365 e. The van der Waals surface area contributed by atoms with E-state index in [4.69, 9.17) is 0 Å². The predicted molar refractivity (Wildman–Crippen MR) is 80.2 cm³/mol. The number of fused-ring (bicyclic) bond motifs is 2. The number of benzene rings is 1. The van der Waals surface area contributed by atoms with Gasteiger partial charge >= 0.3 is 0 Å². The highest BCUT2D eigenvalue weighted by molar-refractivity contribution is 9.10. The van der Waals surface area contributed by atoms with Crippen LogP contribution in [-0.4, -0.2) is 25.2 Å². The summed E-state index contributed by atoms with van der Waals surface area (Å²) in [5.74, 6) is -0.157. The van der Waals surface area contributed by atoms with Gasteiger partial charge in [-0.2, -0.15) is 0 Å². The summed E-state index contributed by atoms with van der Waals surface area (Å²) in [6.45, 7) is 2.07. The lowest BCUT2D eigenvalue weighted by Crippen LogP contribution is -2.48. The minimum atomic E-state index is -0.157. The Labute approximate surface area is 122 Å². The molecule has 0 aromatic heterocycles. The Hall–Kier alpha value is -0.610. The van der Waals surface area contributed by atoms with E-state index in [0.717, 1.165) is 11.3 Å². The molecule has 1 aromatic carbocycles. The smallest absolute Gasteiger partial charge is 0.139 e. The largest absolute Gasteiger partial charge is 0.365 e. The molecule has 0 radical (unpaired) electrons. The molecule has 104 valence electrons. The minimum absolute atomic E-state index is 0.157. The van der Waals surface area contributed by atoms with Crippen LogP contribution < -0.4 is 10.2 Å². The van der Waals surface area contributed by atoms with Crippen LogP contribution >= 0.6 is 15.9 Å². The highest BCUT2D eigenvalue weighted by atomic mass is 79.9. The molecule has 0 aliphatic carbocycles. The summed E-state index contributed by atoms with van der Waals surface area (Å²) in [6, 6.07) is 5.35. The van der Waals surface area contributed by atoms with Gasteiger partial charge in [-0.25, -0.2) is 4.39 Å². The van der Waals surface area contributed by atoms with Gasteiger partial charge in [-0.15, -0.1) is 0 Å². The molecule has 2 saturated heterocycles. The van der Waals surface area contributed by atoms with Crippen LogP contribution in [0.5, 0.6) is 0 Å². The topological polar surface area (TPSA) is 15.3 Å².